The summed E-state index contributed by atoms with van der Waals surface area (Å²) < 4.78 is 6.79. The number of ether oxygens (including phenoxy) is 1. The molecule has 1 aliphatic heterocycles. The number of rotatable bonds is 4. The molecule has 162 valence electrons. The minimum absolute atomic E-state index is 0.0186. The number of aromatic nitrogens is 2. The second-order valence-corrected chi connectivity index (χ2v) is 8.64. The van der Waals surface area contributed by atoms with E-state index in [4.69, 9.17) is 27.9 Å². The predicted octanol–water partition coefficient (Wildman–Crippen LogP) is 1.59. The number of imidazole rings is 1. The number of nitrogens with zero attached hydrogens (tertiary/aromatic N) is 2. The van der Waals surface area contributed by atoms with Crippen LogP contribution in [0.1, 0.15) is 27.0 Å². The number of ketones is 3. The summed E-state index contributed by atoms with van der Waals surface area (Å²) in [4.78, 5) is 41.4. The zero-order chi connectivity index (χ0) is 22.8. The molecule has 30 heavy (non-hydrogen) atoms. The van der Waals surface area contributed by atoms with Gasteiger partial charge in [0.2, 0.25) is 5.60 Å². The third kappa shape index (κ3) is 3.05. The van der Waals surface area contributed by atoms with Gasteiger partial charge in [-0.2, -0.15) is 0 Å². The molecule has 9 nitrogen and oxygen atoms in total. The maximum atomic E-state index is 12.6. The summed E-state index contributed by atoms with van der Waals surface area (Å²) in [7, 11) is 0. The summed E-state index contributed by atoms with van der Waals surface area (Å²) in [5, 5.41) is 33.4. The minimum Gasteiger partial charge on any atom is -0.386 e. The average Bonchev–Trinajstić information content (AvgIpc) is 2.94. The number of carbonyl (C=O) groups excluding carboxylic acids is 3. The SMILES string of the molecule is CC(=O)C1O[C@@H](n2c(Br)nc3cc(Cl)c(Cl)cc32)[C@@](O)(C(C)=O)[C@@](O)(C(C)=O)[C@@H]1O. The minimum atomic E-state index is -3.05. The van der Waals surface area contributed by atoms with Crippen molar-refractivity contribution in [2.24, 2.45) is 0 Å². The number of halogens is 3. The van der Waals surface area contributed by atoms with Crippen molar-refractivity contribution in [2.45, 2.75) is 50.4 Å². The van der Waals surface area contributed by atoms with E-state index in [2.05, 4.69) is 20.9 Å². The fourth-order valence-electron chi connectivity index (χ4n) is 3.71. The van der Waals surface area contributed by atoms with Gasteiger partial charge >= 0.3 is 0 Å². The van der Waals surface area contributed by atoms with Gasteiger partial charge in [-0.05, 0) is 48.8 Å². The van der Waals surface area contributed by atoms with E-state index >= 15 is 0 Å². The number of Topliss-reactive ketones (excluding diaryl/α,β-unsaturated/α-hetero) is 3. The Morgan fingerprint density at radius 1 is 1.10 bits per heavy atom. The van der Waals surface area contributed by atoms with Crippen molar-refractivity contribution in [3.8, 4) is 0 Å². The van der Waals surface area contributed by atoms with Crippen LogP contribution in [0, 0.1) is 0 Å². The number of hydrogen-bond donors (Lipinski definition) is 3. The molecule has 1 fully saturated rings. The van der Waals surface area contributed by atoms with Gasteiger partial charge in [-0.25, -0.2) is 4.98 Å². The first kappa shape index (κ1) is 23.3. The van der Waals surface area contributed by atoms with Crippen molar-refractivity contribution >= 4 is 67.5 Å². The molecule has 2 heterocycles. The summed E-state index contributed by atoms with van der Waals surface area (Å²) >= 11 is 15.3. The van der Waals surface area contributed by atoms with E-state index in [0.29, 0.717) is 0 Å². The molecule has 0 amide bonds. The smallest absolute Gasteiger partial charge is 0.206 e. The second kappa shape index (κ2) is 7.63. The molecule has 1 aromatic carbocycles. The van der Waals surface area contributed by atoms with Crippen LogP contribution >= 0.6 is 39.1 Å². The lowest BCUT2D eigenvalue weighted by atomic mass is 9.68. The van der Waals surface area contributed by atoms with Gasteiger partial charge in [0.25, 0.3) is 0 Å². The first-order valence-corrected chi connectivity index (χ1v) is 10.2. The summed E-state index contributed by atoms with van der Waals surface area (Å²) in [5.74, 6) is -2.95. The standard InChI is InChI=1S/C18H17BrCl2N2O7/c1-6(24)13-14(27)17(28,7(2)25)18(29,8(3)26)15(30-13)23-12-5-10(21)9(20)4-11(12)22-16(23)19/h4-5,13-15,27-29H,1-3H3/t13?,14-,15-,17-,18+/m1/s1. The molecular weight excluding hydrogens is 507 g/mol. The largest absolute Gasteiger partial charge is 0.386 e. The molecule has 5 atom stereocenters. The van der Waals surface area contributed by atoms with Crippen LogP contribution in [0.5, 0.6) is 0 Å². The maximum absolute atomic E-state index is 12.6. The summed E-state index contributed by atoms with van der Waals surface area (Å²) in [6.45, 7) is 2.87. The second-order valence-electron chi connectivity index (χ2n) is 7.12. The third-order valence-corrected chi connectivity index (χ3v) is 6.61. The Labute approximate surface area is 188 Å². The highest BCUT2D eigenvalue weighted by Crippen LogP contribution is 2.47. The van der Waals surface area contributed by atoms with Crippen molar-refractivity contribution in [2.75, 3.05) is 0 Å². The van der Waals surface area contributed by atoms with Crippen LogP contribution in [0.25, 0.3) is 11.0 Å². The Hall–Kier alpha value is -1.40. The van der Waals surface area contributed by atoms with Gasteiger partial charge in [0.05, 0.1) is 21.1 Å². The van der Waals surface area contributed by atoms with E-state index in [1.165, 1.54) is 12.1 Å². The van der Waals surface area contributed by atoms with Gasteiger partial charge in [0, 0.05) is 0 Å². The van der Waals surface area contributed by atoms with Crippen LogP contribution in [-0.2, 0) is 19.1 Å². The normalized spacial score (nSPS) is 31.7. The molecular formula is C18H17BrCl2N2O7. The number of carbonyl (C=O) groups is 3. The molecule has 0 spiro atoms. The first-order valence-electron chi connectivity index (χ1n) is 8.61. The molecule has 2 aromatic rings. The number of fused-ring (bicyclic) bond motifs is 1. The fraction of sp³-hybridized carbons (Fsp3) is 0.444. The van der Waals surface area contributed by atoms with E-state index in [9.17, 15) is 29.7 Å². The van der Waals surface area contributed by atoms with E-state index in [0.717, 1.165) is 25.3 Å². The highest BCUT2D eigenvalue weighted by Gasteiger charge is 2.71. The molecule has 0 aliphatic carbocycles. The highest BCUT2D eigenvalue weighted by atomic mass is 79.9. The lowest BCUT2D eigenvalue weighted by molar-refractivity contribution is -0.303. The lowest BCUT2D eigenvalue weighted by Gasteiger charge is -2.52. The Kier molecular flexibility index (Phi) is 5.92. The predicted molar refractivity (Wildman–Crippen MR) is 109 cm³/mol. The lowest BCUT2D eigenvalue weighted by Crippen LogP contribution is -2.77. The van der Waals surface area contributed by atoms with Crippen molar-refractivity contribution in [1.82, 2.24) is 9.55 Å². The van der Waals surface area contributed by atoms with E-state index in [-0.39, 0.29) is 25.8 Å². The fourth-order valence-corrected chi connectivity index (χ4v) is 4.60. The molecule has 12 heteroatoms. The molecule has 3 N–H and O–H groups in total. The van der Waals surface area contributed by atoms with E-state index < -0.39 is 47.0 Å². The third-order valence-electron chi connectivity index (χ3n) is 5.33. The highest BCUT2D eigenvalue weighted by molar-refractivity contribution is 9.10. The van der Waals surface area contributed by atoms with Crippen LogP contribution in [-0.4, -0.2) is 65.6 Å². The summed E-state index contributed by atoms with van der Waals surface area (Å²) in [5.41, 5.74) is -5.54. The first-order chi connectivity index (χ1) is 13.8. The van der Waals surface area contributed by atoms with Crippen LogP contribution in [0.3, 0.4) is 0 Å². The molecule has 3 rings (SSSR count). The van der Waals surface area contributed by atoms with Gasteiger partial charge in [0.1, 0.15) is 12.2 Å². The van der Waals surface area contributed by atoms with Crippen molar-refractivity contribution in [3.05, 3.63) is 26.9 Å². The molecule has 1 aliphatic rings. The molecule has 0 bridgehead atoms. The number of benzene rings is 1. The van der Waals surface area contributed by atoms with Crippen molar-refractivity contribution in [1.29, 1.82) is 0 Å². The van der Waals surface area contributed by atoms with Gasteiger partial charge < -0.3 is 20.1 Å². The van der Waals surface area contributed by atoms with E-state index in [1.807, 2.05) is 0 Å². The zero-order valence-electron chi connectivity index (χ0n) is 15.9. The Bertz CT molecular complexity index is 1090. The molecule has 1 saturated heterocycles. The Morgan fingerprint density at radius 2 is 1.63 bits per heavy atom. The van der Waals surface area contributed by atoms with Gasteiger partial charge in [0.15, 0.2) is 33.9 Å². The average molecular weight is 524 g/mol. The van der Waals surface area contributed by atoms with Crippen LogP contribution in [0.15, 0.2) is 16.9 Å². The molecule has 0 saturated carbocycles. The molecule has 1 aromatic heterocycles. The Balaban J connectivity index is 2.39. The van der Waals surface area contributed by atoms with Crippen molar-refractivity contribution in [3.63, 3.8) is 0 Å². The van der Waals surface area contributed by atoms with Gasteiger partial charge in [-0.15, -0.1) is 0 Å². The van der Waals surface area contributed by atoms with E-state index in [1.54, 1.807) is 0 Å². The Morgan fingerprint density at radius 3 is 2.13 bits per heavy atom. The van der Waals surface area contributed by atoms with Gasteiger partial charge in [-0.1, -0.05) is 23.2 Å². The maximum Gasteiger partial charge on any atom is 0.206 e. The van der Waals surface area contributed by atoms with Gasteiger partial charge in [-0.3, -0.25) is 19.0 Å². The van der Waals surface area contributed by atoms with Crippen molar-refractivity contribution < 1.29 is 34.4 Å². The molecule has 1 unspecified atom stereocenters. The number of aliphatic hydroxyl groups is 3. The number of aliphatic hydroxyl groups excluding tert-OH is 1. The summed E-state index contributed by atoms with van der Waals surface area (Å²) in [6, 6.07) is 2.80. The molecule has 0 radical (unpaired) electrons. The van der Waals surface area contributed by atoms with Crippen LogP contribution in [0.2, 0.25) is 10.0 Å². The van der Waals surface area contributed by atoms with Crippen LogP contribution in [0.4, 0.5) is 0 Å². The summed E-state index contributed by atoms with van der Waals surface area (Å²) in [6.07, 6.45) is -5.77. The number of hydrogen-bond acceptors (Lipinski definition) is 8. The van der Waals surface area contributed by atoms with Crippen LogP contribution < -0.4 is 0 Å². The monoisotopic (exact) mass is 522 g/mol. The quantitative estimate of drug-likeness (QED) is 0.549. The zero-order valence-corrected chi connectivity index (χ0v) is 19.0. The topological polar surface area (TPSA) is 139 Å².